The van der Waals surface area contributed by atoms with E-state index < -0.39 is 26.6 Å². The van der Waals surface area contributed by atoms with Crippen LogP contribution in [0.4, 0.5) is 26.0 Å². The van der Waals surface area contributed by atoms with E-state index in [1.54, 1.807) is 13.1 Å². The summed E-state index contributed by atoms with van der Waals surface area (Å²) in [5, 5.41) is 8.78. The molecule has 1 saturated heterocycles. The van der Waals surface area contributed by atoms with Crippen molar-refractivity contribution in [3.63, 3.8) is 0 Å². The number of fused-ring (bicyclic) bond motifs is 1. The molecule has 0 amide bonds. The summed E-state index contributed by atoms with van der Waals surface area (Å²) in [5.41, 5.74) is 10.8. The lowest BCUT2D eigenvalue weighted by Gasteiger charge is -2.27. The number of aromatic nitrogens is 3. The summed E-state index contributed by atoms with van der Waals surface area (Å²) in [6.45, 7) is 6.96. The van der Waals surface area contributed by atoms with Crippen LogP contribution in [0.3, 0.4) is 0 Å². The summed E-state index contributed by atoms with van der Waals surface area (Å²) < 4.78 is 64.7. The Morgan fingerprint density at radius 2 is 1.72 bits per heavy atom. The molecule has 0 unspecified atom stereocenters. The van der Waals surface area contributed by atoms with E-state index in [0.29, 0.717) is 41.5 Å². The molecule has 12 heteroatoms. The number of nitrogen functional groups attached to an aromatic ring is 1. The van der Waals surface area contributed by atoms with Gasteiger partial charge in [-0.3, -0.25) is 9.40 Å². The molecule has 3 aromatic carbocycles. The molecule has 222 valence electrons. The van der Waals surface area contributed by atoms with Gasteiger partial charge in [-0.1, -0.05) is 24.3 Å². The second-order valence-electron chi connectivity index (χ2n) is 10.9. The molecule has 0 spiro atoms. The third-order valence-electron chi connectivity index (χ3n) is 7.31. The molecule has 3 heterocycles. The van der Waals surface area contributed by atoms with Crippen molar-refractivity contribution in [2.24, 2.45) is 0 Å². The minimum atomic E-state index is -4.38. The molecule has 5 aromatic rings. The van der Waals surface area contributed by atoms with Crippen molar-refractivity contribution in [3.05, 3.63) is 84.1 Å². The molecule has 1 aliphatic heterocycles. The van der Waals surface area contributed by atoms with Gasteiger partial charge >= 0.3 is 0 Å². The molecule has 9 nitrogen and oxygen atoms in total. The first-order valence-electron chi connectivity index (χ1n) is 13.7. The second-order valence-corrected chi connectivity index (χ2v) is 12.5. The van der Waals surface area contributed by atoms with Gasteiger partial charge in [-0.05, 0) is 68.3 Å². The number of nitrogens with two attached hydrogens (primary N) is 1. The van der Waals surface area contributed by atoms with Gasteiger partial charge in [0.2, 0.25) is 0 Å². The number of benzene rings is 3. The van der Waals surface area contributed by atoms with Crippen LogP contribution >= 0.6 is 0 Å². The number of hydrogen-bond acceptors (Lipinski definition) is 7. The van der Waals surface area contributed by atoms with E-state index in [2.05, 4.69) is 15.0 Å². The lowest BCUT2D eigenvalue weighted by atomic mass is 10.0. The van der Waals surface area contributed by atoms with Crippen LogP contribution in [0, 0.1) is 18.6 Å². The Kier molecular flexibility index (Phi) is 7.26. The molecule has 4 N–H and O–H groups in total. The van der Waals surface area contributed by atoms with E-state index in [1.165, 1.54) is 30.3 Å². The van der Waals surface area contributed by atoms with Crippen molar-refractivity contribution in [1.29, 1.82) is 0 Å². The number of sulfonamides is 1. The van der Waals surface area contributed by atoms with Crippen LogP contribution < -0.4 is 15.8 Å². The van der Waals surface area contributed by atoms with Gasteiger partial charge in [-0.2, -0.15) is 5.10 Å². The third kappa shape index (κ3) is 5.39. The van der Waals surface area contributed by atoms with Crippen molar-refractivity contribution in [3.8, 4) is 22.4 Å². The van der Waals surface area contributed by atoms with Crippen molar-refractivity contribution in [2.75, 3.05) is 29.0 Å². The molecule has 1 fully saturated rings. The molecule has 1 aliphatic rings. The molecule has 43 heavy (non-hydrogen) atoms. The van der Waals surface area contributed by atoms with Crippen LogP contribution in [0.15, 0.2) is 71.8 Å². The molecular formula is C31H30F2N6O3S. The first-order chi connectivity index (χ1) is 20.5. The normalized spacial score (nSPS) is 13.8. The molecular weight excluding hydrogens is 574 g/mol. The molecule has 0 radical (unpaired) electrons. The zero-order valence-electron chi connectivity index (χ0n) is 23.7. The predicted octanol–water partition coefficient (Wildman–Crippen LogP) is 6.13. The summed E-state index contributed by atoms with van der Waals surface area (Å²) >= 11 is 0. The summed E-state index contributed by atoms with van der Waals surface area (Å²) in [5.74, 6) is -1.56. The zero-order valence-corrected chi connectivity index (χ0v) is 24.5. The summed E-state index contributed by atoms with van der Waals surface area (Å²) in [6.07, 6.45) is 1.70. The van der Waals surface area contributed by atoms with Crippen molar-refractivity contribution < 1.29 is 21.9 Å². The highest BCUT2D eigenvalue weighted by Crippen LogP contribution is 2.39. The minimum absolute atomic E-state index is 0.0727. The Labute approximate surface area is 247 Å². The average Bonchev–Trinajstić information content (AvgIpc) is 3.36. The fraction of sp³-hybridized carbons (Fsp3) is 0.226. The molecule has 2 aromatic heterocycles. The van der Waals surface area contributed by atoms with E-state index in [-0.39, 0.29) is 17.5 Å². The van der Waals surface area contributed by atoms with Gasteiger partial charge in [0.05, 0.1) is 35.8 Å². The molecule has 0 bridgehead atoms. The average molecular weight is 605 g/mol. The number of rotatable bonds is 8. The van der Waals surface area contributed by atoms with Crippen LogP contribution in [0.25, 0.3) is 33.3 Å². The maximum absolute atomic E-state index is 15.4. The lowest BCUT2D eigenvalue weighted by Crippen LogP contribution is -2.40. The van der Waals surface area contributed by atoms with E-state index in [1.807, 2.05) is 42.8 Å². The zero-order chi connectivity index (χ0) is 30.5. The van der Waals surface area contributed by atoms with Gasteiger partial charge in [0.25, 0.3) is 10.0 Å². The summed E-state index contributed by atoms with van der Waals surface area (Å²) in [7, 11) is -4.38. The molecule has 0 saturated carbocycles. The number of ether oxygens (including phenoxy) is 1. The Hall–Kier alpha value is -4.55. The first-order valence-corrected chi connectivity index (χ1v) is 15.2. The molecule has 0 aliphatic carbocycles. The number of anilines is 3. The quantitative estimate of drug-likeness (QED) is 0.195. The summed E-state index contributed by atoms with van der Waals surface area (Å²) in [4.78, 5) is 3.88. The molecule has 0 atom stereocenters. The fourth-order valence-electron chi connectivity index (χ4n) is 5.04. The predicted molar refractivity (Wildman–Crippen MR) is 163 cm³/mol. The second kappa shape index (κ2) is 10.9. The number of nitrogens with one attached hydrogen (secondary N) is 2. The van der Waals surface area contributed by atoms with E-state index in [9.17, 15) is 12.8 Å². The highest BCUT2D eigenvalue weighted by molar-refractivity contribution is 7.92. The minimum Gasteiger partial charge on any atom is -0.383 e. The van der Waals surface area contributed by atoms with E-state index in [4.69, 9.17) is 15.6 Å². The number of hydrogen-bond donors (Lipinski definition) is 3. The van der Waals surface area contributed by atoms with Crippen LogP contribution in [0.2, 0.25) is 0 Å². The van der Waals surface area contributed by atoms with E-state index in [0.717, 1.165) is 28.4 Å². The van der Waals surface area contributed by atoms with Crippen LogP contribution in [-0.4, -0.2) is 42.4 Å². The standard InChI is InChI=1S/C31H30F2N6O3S/c1-17(2)39-30-23(19-5-8-21(9-6-19)36-22-15-42-16-22)14-35-31(34)28(30)29(37-39)20-7-11-26(25(33)13-20)38-43(40,41)27-12-18(3)4-10-24(27)32/h4-14,17,22,36,38H,15-16H2,1-3H3,(H2,34,35). The third-order valence-corrected chi connectivity index (χ3v) is 8.69. The SMILES string of the molecule is Cc1ccc(F)c(S(=O)(=O)Nc2ccc(-c3nn(C(C)C)c4c(-c5ccc(NC6COC6)cc5)cnc(N)c34)cc2F)c1. The van der Waals surface area contributed by atoms with Gasteiger partial charge in [0.1, 0.15) is 28.0 Å². The van der Waals surface area contributed by atoms with Gasteiger partial charge in [-0.15, -0.1) is 0 Å². The van der Waals surface area contributed by atoms with Crippen molar-refractivity contribution in [2.45, 2.75) is 37.8 Å². The highest BCUT2D eigenvalue weighted by Gasteiger charge is 2.24. The monoisotopic (exact) mass is 604 g/mol. The summed E-state index contributed by atoms with van der Waals surface area (Å²) in [6, 6.07) is 15.9. The van der Waals surface area contributed by atoms with Crippen molar-refractivity contribution in [1.82, 2.24) is 14.8 Å². The highest BCUT2D eigenvalue weighted by atomic mass is 32.2. The topological polar surface area (TPSA) is 124 Å². The van der Waals surface area contributed by atoms with Crippen molar-refractivity contribution >= 4 is 38.1 Å². The number of nitrogens with zero attached hydrogens (tertiary/aromatic N) is 3. The van der Waals surface area contributed by atoms with Gasteiger partial charge in [0, 0.05) is 29.1 Å². The Bertz CT molecular complexity index is 1960. The van der Waals surface area contributed by atoms with Gasteiger partial charge in [0.15, 0.2) is 0 Å². The van der Waals surface area contributed by atoms with Gasteiger partial charge < -0.3 is 15.8 Å². The largest absolute Gasteiger partial charge is 0.383 e. The van der Waals surface area contributed by atoms with Crippen LogP contribution in [0.1, 0.15) is 25.5 Å². The smallest absolute Gasteiger partial charge is 0.264 e. The molecule has 6 rings (SSSR count). The fourth-order valence-corrected chi connectivity index (χ4v) is 6.27. The Morgan fingerprint density at radius 3 is 2.37 bits per heavy atom. The maximum atomic E-state index is 15.4. The number of pyridine rings is 1. The maximum Gasteiger partial charge on any atom is 0.264 e. The van der Waals surface area contributed by atoms with Gasteiger partial charge in [-0.25, -0.2) is 22.2 Å². The number of aryl methyl sites for hydroxylation is 1. The first kappa shape index (κ1) is 28.6. The van der Waals surface area contributed by atoms with E-state index >= 15 is 4.39 Å². The number of halogens is 2. The van der Waals surface area contributed by atoms with Crippen LogP contribution in [-0.2, 0) is 14.8 Å². The van der Waals surface area contributed by atoms with Crippen LogP contribution in [0.5, 0.6) is 0 Å². The lowest BCUT2D eigenvalue weighted by molar-refractivity contribution is 0.0211. The Balaban J connectivity index is 1.39. The Morgan fingerprint density at radius 1 is 1.00 bits per heavy atom.